The Bertz CT molecular complexity index is 725. The van der Waals surface area contributed by atoms with Crippen molar-refractivity contribution >= 4 is 17.5 Å². The minimum absolute atomic E-state index is 0.00194. The summed E-state index contributed by atoms with van der Waals surface area (Å²) in [6, 6.07) is 5.54. The monoisotopic (exact) mass is 372 g/mol. The molecule has 0 N–H and O–H groups in total. The van der Waals surface area contributed by atoms with Crippen LogP contribution in [0.25, 0.3) is 0 Å². The minimum atomic E-state index is -0.249. The van der Waals surface area contributed by atoms with Crippen molar-refractivity contribution in [2.75, 3.05) is 37.7 Å². The van der Waals surface area contributed by atoms with Crippen molar-refractivity contribution in [3.8, 4) is 11.5 Å². The summed E-state index contributed by atoms with van der Waals surface area (Å²) in [5.74, 6) is 2.62. The Morgan fingerprint density at radius 1 is 1.11 bits per heavy atom. The highest BCUT2D eigenvalue weighted by Crippen LogP contribution is 2.36. The molecule has 1 atom stereocenters. The lowest BCUT2D eigenvalue weighted by atomic mass is 9.86. The van der Waals surface area contributed by atoms with Crippen molar-refractivity contribution in [2.24, 2.45) is 17.8 Å². The van der Waals surface area contributed by atoms with Gasteiger partial charge < -0.3 is 19.3 Å². The van der Waals surface area contributed by atoms with E-state index in [1.54, 1.807) is 4.90 Å². The van der Waals surface area contributed by atoms with Crippen molar-refractivity contribution in [1.82, 2.24) is 4.90 Å². The molecule has 0 bridgehead atoms. The van der Waals surface area contributed by atoms with Crippen LogP contribution in [0.2, 0.25) is 0 Å². The lowest BCUT2D eigenvalue weighted by Crippen LogP contribution is -2.43. The highest BCUT2D eigenvalue weighted by Gasteiger charge is 2.38. The van der Waals surface area contributed by atoms with Gasteiger partial charge in [-0.05, 0) is 36.8 Å². The zero-order chi connectivity index (χ0) is 19.0. The molecule has 6 heteroatoms. The Balaban J connectivity index is 1.41. The summed E-state index contributed by atoms with van der Waals surface area (Å²) in [5.41, 5.74) is 0.776. The number of carbonyl (C=O) groups excluding carboxylic acids is 2. The standard InChI is InChI=1S/C21H28N2O4/c1-14(2)15-5-7-22(8-6-15)21(25)16-11-20(24)23(13-16)17-3-4-18-19(12-17)27-10-9-26-18/h3-4,12,14-16H,5-11,13H2,1-2H3/t16-/m1/s1. The molecule has 0 aromatic heterocycles. The van der Waals surface area contributed by atoms with Gasteiger partial charge in [0, 0.05) is 37.8 Å². The Kier molecular flexibility index (Phi) is 4.98. The minimum Gasteiger partial charge on any atom is -0.486 e. The lowest BCUT2D eigenvalue weighted by molar-refractivity contribution is -0.137. The molecule has 2 amide bonds. The number of hydrogen-bond acceptors (Lipinski definition) is 4. The Morgan fingerprint density at radius 3 is 2.52 bits per heavy atom. The van der Waals surface area contributed by atoms with Crippen LogP contribution in [0, 0.1) is 17.8 Å². The summed E-state index contributed by atoms with van der Waals surface area (Å²) in [7, 11) is 0. The number of hydrogen-bond donors (Lipinski definition) is 0. The second kappa shape index (κ2) is 7.41. The molecule has 4 rings (SSSR count). The van der Waals surface area contributed by atoms with Gasteiger partial charge in [0.1, 0.15) is 13.2 Å². The van der Waals surface area contributed by atoms with Crippen molar-refractivity contribution < 1.29 is 19.1 Å². The molecule has 27 heavy (non-hydrogen) atoms. The maximum absolute atomic E-state index is 12.9. The smallest absolute Gasteiger partial charge is 0.228 e. The van der Waals surface area contributed by atoms with E-state index in [-0.39, 0.29) is 24.2 Å². The Labute approximate surface area is 160 Å². The molecule has 1 aromatic carbocycles. The highest BCUT2D eigenvalue weighted by atomic mass is 16.6. The number of benzene rings is 1. The van der Waals surface area contributed by atoms with Crippen LogP contribution in [0.3, 0.4) is 0 Å². The zero-order valence-corrected chi connectivity index (χ0v) is 16.1. The molecule has 1 aromatic rings. The van der Waals surface area contributed by atoms with E-state index in [0.29, 0.717) is 43.1 Å². The van der Waals surface area contributed by atoms with Crippen LogP contribution < -0.4 is 14.4 Å². The van der Waals surface area contributed by atoms with Crippen LogP contribution in [0.4, 0.5) is 5.69 Å². The van der Waals surface area contributed by atoms with E-state index >= 15 is 0 Å². The van der Waals surface area contributed by atoms with Crippen LogP contribution in [-0.4, -0.2) is 49.6 Å². The van der Waals surface area contributed by atoms with Gasteiger partial charge in [-0.15, -0.1) is 0 Å². The normalized spacial score (nSPS) is 23.2. The summed E-state index contributed by atoms with van der Waals surface area (Å²) in [6.45, 7) is 7.64. The van der Waals surface area contributed by atoms with Crippen molar-refractivity contribution in [3.63, 3.8) is 0 Å². The lowest BCUT2D eigenvalue weighted by Gasteiger charge is -2.35. The topological polar surface area (TPSA) is 59.1 Å². The zero-order valence-electron chi connectivity index (χ0n) is 16.1. The maximum atomic E-state index is 12.9. The fourth-order valence-electron chi connectivity index (χ4n) is 4.37. The summed E-state index contributed by atoms with van der Waals surface area (Å²) in [5, 5.41) is 0. The van der Waals surface area contributed by atoms with E-state index in [4.69, 9.17) is 9.47 Å². The van der Waals surface area contributed by atoms with Crippen molar-refractivity contribution in [3.05, 3.63) is 18.2 Å². The number of amides is 2. The number of rotatable bonds is 3. The van der Waals surface area contributed by atoms with E-state index < -0.39 is 0 Å². The number of nitrogens with zero attached hydrogens (tertiary/aromatic N) is 2. The van der Waals surface area contributed by atoms with E-state index in [1.807, 2.05) is 23.1 Å². The molecule has 2 saturated heterocycles. The van der Waals surface area contributed by atoms with Gasteiger partial charge in [-0.1, -0.05) is 13.8 Å². The molecule has 0 radical (unpaired) electrons. The largest absolute Gasteiger partial charge is 0.486 e. The van der Waals surface area contributed by atoms with E-state index in [1.165, 1.54) is 0 Å². The fourth-order valence-corrected chi connectivity index (χ4v) is 4.37. The molecular weight excluding hydrogens is 344 g/mol. The third-order valence-electron chi connectivity index (χ3n) is 6.11. The molecule has 6 nitrogen and oxygen atoms in total. The maximum Gasteiger partial charge on any atom is 0.228 e. The van der Waals surface area contributed by atoms with Gasteiger partial charge in [0.05, 0.1) is 5.92 Å². The average molecular weight is 372 g/mol. The molecule has 0 aliphatic carbocycles. The Morgan fingerprint density at radius 2 is 1.81 bits per heavy atom. The van der Waals surface area contributed by atoms with Gasteiger partial charge in [0.25, 0.3) is 0 Å². The van der Waals surface area contributed by atoms with Gasteiger partial charge in [-0.25, -0.2) is 0 Å². The highest BCUT2D eigenvalue weighted by molar-refractivity contribution is 6.00. The molecule has 3 heterocycles. The first-order valence-corrected chi connectivity index (χ1v) is 10.0. The van der Waals surface area contributed by atoms with Crippen molar-refractivity contribution in [2.45, 2.75) is 33.1 Å². The number of fused-ring (bicyclic) bond motifs is 1. The second-order valence-electron chi connectivity index (χ2n) is 8.14. The number of ether oxygens (including phenoxy) is 2. The average Bonchev–Trinajstić information content (AvgIpc) is 3.08. The quantitative estimate of drug-likeness (QED) is 0.819. The molecular formula is C21H28N2O4. The summed E-state index contributed by atoms with van der Waals surface area (Å²) < 4.78 is 11.2. The van der Waals surface area contributed by atoms with E-state index in [9.17, 15) is 9.59 Å². The van der Waals surface area contributed by atoms with Crippen LogP contribution >= 0.6 is 0 Å². The Hall–Kier alpha value is -2.24. The van der Waals surface area contributed by atoms with E-state index in [2.05, 4.69) is 13.8 Å². The van der Waals surface area contributed by atoms with Gasteiger partial charge >= 0.3 is 0 Å². The summed E-state index contributed by atoms with van der Waals surface area (Å²) >= 11 is 0. The van der Waals surface area contributed by atoms with Gasteiger partial charge in [-0.3, -0.25) is 9.59 Å². The van der Waals surface area contributed by atoms with Crippen LogP contribution in [0.15, 0.2) is 18.2 Å². The van der Waals surface area contributed by atoms with Gasteiger partial charge in [0.15, 0.2) is 11.5 Å². The fraction of sp³-hybridized carbons (Fsp3) is 0.619. The third-order valence-corrected chi connectivity index (χ3v) is 6.11. The second-order valence-corrected chi connectivity index (χ2v) is 8.14. The van der Waals surface area contributed by atoms with Gasteiger partial charge in [0.2, 0.25) is 11.8 Å². The van der Waals surface area contributed by atoms with E-state index in [0.717, 1.165) is 31.6 Å². The predicted molar refractivity (Wildman–Crippen MR) is 102 cm³/mol. The third kappa shape index (κ3) is 3.62. The first kappa shape index (κ1) is 18.1. The van der Waals surface area contributed by atoms with Gasteiger partial charge in [-0.2, -0.15) is 0 Å². The van der Waals surface area contributed by atoms with Crippen LogP contribution in [-0.2, 0) is 9.59 Å². The first-order chi connectivity index (χ1) is 13.0. The number of likely N-dealkylation sites (tertiary alicyclic amines) is 1. The molecule has 146 valence electrons. The molecule has 0 saturated carbocycles. The molecule has 3 aliphatic heterocycles. The predicted octanol–water partition coefficient (Wildman–Crippen LogP) is 2.71. The summed E-state index contributed by atoms with van der Waals surface area (Å²) in [6.07, 6.45) is 2.42. The molecule has 0 unspecified atom stereocenters. The first-order valence-electron chi connectivity index (χ1n) is 10.0. The van der Waals surface area contributed by atoms with Crippen LogP contribution in [0.5, 0.6) is 11.5 Å². The number of carbonyl (C=O) groups is 2. The molecule has 2 fully saturated rings. The number of piperidine rings is 1. The summed E-state index contributed by atoms with van der Waals surface area (Å²) in [4.78, 5) is 29.2. The number of anilines is 1. The van der Waals surface area contributed by atoms with Crippen molar-refractivity contribution in [1.29, 1.82) is 0 Å². The van der Waals surface area contributed by atoms with Crippen LogP contribution in [0.1, 0.15) is 33.1 Å². The molecule has 3 aliphatic rings. The molecule has 0 spiro atoms. The SMILES string of the molecule is CC(C)C1CCN(C(=O)[C@@H]2CC(=O)N(c3ccc4c(c3)OCCO4)C2)CC1.